The predicted octanol–water partition coefficient (Wildman–Crippen LogP) is 1.97. The quantitative estimate of drug-likeness (QED) is 0.648. The molecule has 1 fully saturated rings. The number of thiol groups is 1. The Hall–Kier alpha value is -1.53. The fourth-order valence-corrected chi connectivity index (χ4v) is 3.91. The molecule has 0 aromatic heterocycles. The minimum Gasteiger partial charge on any atom is -0.381 e. The first-order valence-electron chi connectivity index (χ1n) is 8.75. The summed E-state index contributed by atoms with van der Waals surface area (Å²) in [4.78, 5) is 25.3. The van der Waals surface area contributed by atoms with Crippen LogP contribution in [-0.4, -0.2) is 43.9 Å². The third-order valence-corrected chi connectivity index (χ3v) is 5.67. The zero-order valence-electron chi connectivity index (χ0n) is 15.0. The van der Waals surface area contributed by atoms with E-state index in [0.717, 1.165) is 24.8 Å². The summed E-state index contributed by atoms with van der Waals surface area (Å²) < 4.78 is 5.47. The number of benzene rings is 1. The molecule has 25 heavy (non-hydrogen) atoms. The molecule has 0 aliphatic heterocycles. The van der Waals surface area contributed by atoms with E-state index < -0.39 is 11.5 Å². The van der Waals surface area contributed by atoms with Crippen LogP contribution in [0.3, 0.4) is 0 Å². The summed E-state index contributed by atoms with van der Waals surface area (Å²) in [6, 6.07) is 9.10. The molecule has 1 aromatic rings. The molecule has 3 atom stereocenters. The average Bonchev–Trinajstić information content (AvgIpc) is 2.67. The van der Waals surface area contributed by atoms with Gasteiger partial charge in [-0.2, -0.15) is 12.6 Å². The fourth-order valence-electron chi connectivity index (χ4n) is 3.48. The zero-order valence-corrected chi connectivity index (χ0v) is 15.9. The van der Waals surface area contributed by atoms with E-state index in [1.54, 1.807) is 14.2 Å². The Morgan fingerprint density at radius 3 is 2.68 bits per heavy atom. The SMILES string of the molecule is CNC(=O)[C@@H](Cc1ccccc1)NC(=O)[C@]1(CS)CCCC(OC)C1. The highest BCUT2D eigenvalue weighted by molar-refractivity contribution is 7.80. The molecule has 1 aliphatic carbocycles. The van der Waals surface area contributed by atoms with Gasteiger partial charge in [0, 0.05) is 26.3 Å². The number of methoxy groups -OCH3 is 1. The molecule has 1 unspecified atom stereocenters. The summed E-state index contributed by atoms with van der Waals surface area (Å²) in [5.41, 5.74) is 0.431. The van der Waals surface area contributed by atoms with Gasteiger partial charge in [-0.1, -0.05) is 30.3 Å². The lowest BCUT2D eigenvalue weighted by molar-refractivity contribution is -0.137. The Morgan fingerprint density at radius 2 is 2.08 bits per heavy atom. The minimum absolute atomic E-state index is 0.0687. The average molecular weight is 365 g/mol. The summed E-state index contributed by atoms with van der Waals surface area (Å²) in [6.07, 6.45) is 3.83. The number of nitrogens with one attached hydrogen (secondary N) is 2. The van der Waals surface area contributed by atoms with E-state index in [0.29, 0.717) is 18.6 Å². The van der Waals surface area contributed by atoms with Gasteiger partial charge in [0.15, 0.2) is 0 Å². The standard InChI is InChI=1S/C19H28N2O3S/c1-20-17(22)16(11-14-7-4-3-5-8-14)21-18(23)19(13-25)10-6-9-15(12-19)24-2/h3-5,7-8,15-16,25H,6,9-13H2,1-2H3,(H,20,22)(H,21,23)/t15?,16-,19-/m1/s1. The van der Waals surface area contributed by atoms with Gasteiger partial charge in [0.25, 0.3) is 0 Å². The molecule has 2 amide bonds. The molecular formula is C19H28N2O3S. The van der Waals surface area contributed by atoms with Gasteiger partial charge in [0.2, 0.25) is 11.8 Å². The number of amides is 2. The van der Waals surface area contributed by atoms with Crippen molar-refractivity contribution >= 4 is 24.4 Å². The lowest BCUT2D eigenvalue weighted by atomic mass is 9.73. The second-order valence-electron chi connectivity index (χ2n) is 6.72. The molecule has 2 rings (SSSR count). The van der Waals surface area contributed by atoms with Gasteiger partial charge in [-0.15, -0.1) is 0 Å². The molecule has 1 aromatic carbocycles. The minimum atomic E-state index is -0.598. The topological polar surface area (TPSA) is 67.4 Å². The van der Waals surface area contributed by atoms with Crippen LogP contribution in [0.1, 0.15) is 31.2 Å². The van der Waals surface area contributed by atoms with E-state index >= 15 is 0 Å². The number of carbonyl (C=O) groups is 2. The Kier molecular flexibility index (Phi) is 7.32. The van der Waals surface area contributed by atoms with Gasteiger partial charge in [-0.3, -0.25) is 9.59 Å². The first-order valence-corrected chi connectivity index (χ1v) is 9.38. The number of ether oxygens (including phenoxy) is 1. The Labute approximate surface area is 155 Å². The largest absolute Gasteiger partial charge is 0.381 e. The maximum absolute atomic E-state index is 13.0. The van der Waals surface area contributed by atoms with Crippen LogP contribution in [0.15, 0.2) is 30.3 Å². The molecule has 0 radical (unpaired) electrons. The molecule has 0 heterocycles. The monoisotopic (exact) mass is 364 g/mol. The van der Waals surface area contributed by atoms with Gasteiger partial charge in [0.1, 0.15) is 6.04 Å². The molecular weight excluding hydrogens is 336 g/mol. The number of hydrogen-bond acceptors (Lipinski definition) is 4. The zero-order chi connectivity index (χ0) is 18.3. The van der Waals surface area contributed by atoms with Crippen LogP contribution in [0, 0.1) is 5.41 Å². The molecule has 6 heteroatoms. The first kappa shape index (κ1) is 19.8. The lowest BCUT2D eigenvalue weighted by Crippen LogP contribution is -2.54. The molecule has 0 bridgehead atoms. The van der Waals surface area contributed by atoms with E-state index in [2.05, 4.69) is 23.3 Å². The van der Waals surface area contributed by atoms with Crippen molar-refractivity contribution in [2.45, 2.75) is 44.2 Å². The number of hydrogen-bond donors (Lipinski definition) is 3. The van der Waals surface area contributed by atoms with Gasteiger partial charge in [0.05, 0.1) is 11.5 Å². The number of carbonyl (C=O) groups excluding carboxylic acids is 2. The van der Waals surface area contributed by atoms with Gasteiger partial charge < -0.3 is 15.4 Å². The van der Waals surface area contributed by atoms with Crippen molar-refractivity contribution in [3.05, 3.63) is 35.9 Å². The normalized spacial score (nSPS) is 24.4. The van der Waals surface area contributed by atoms with E-state index in [1.165, 1.54) is 0 Å². The molecule has 1 saturated carbocycles. The Morgan fingerprint density at radius 1 is 1.36 bits per heavy atom. The highest BCUT2D eigenvalue weighted by Gasteiger charge is 2.43. The summed E-state index contributed by atoms with van der Waals surface area (Å²) in [6.45, 7) is 0. The molecule has 138 valence electrons. The highest BCUT2D eigenvalue weighted by Crippen LogP contribution is 2.38. The summed E-state index contributed by atoms with van der Waals surface area (Å²) in [5.74, 6) is 0.157. The molecule has 2 N–H and O–H groups in total. The van der Waals surface area contributed by atoms with Gasteiger partial charge in [-0.05, 0) is 31.2 Å². The summed E-state index contributed by atoms with van der Waals surface area (Å²) in [7, 11) is 3.27. The van der Waals surface area contributed by atoms with E-state index in [9.17, 15) is 9.59 Å². The third kappa shape index (κ3) is 4.98. The van der Waals surface area contributed by atoms with Crippen molar-refractivity contribution in [3.8, 4) is 0 Å². The van der Waals surface area contributed by atoms with E-state index in [-0.39, 0.29) is 17.9 Å². The van der Waals surface area contributed by atoms with Crippen molar-refractivity contribution in [2.24, 2.45) is 5.41 Å². The maximum atomic E-state index is 13.0. The van der Waals surface area contributed by atoms with E-state index in [1.807, 2.05) is 30.3 Å². The Balaban J connectivity index is 2.13. The van der Waals surface area contributed by atoms with Crippen LogP contribution < -0.4 is 10.6 Å². The summed E-state index contributed by atoms with van der Waals surface area (Å²) in [5, 5.41) is 5.61. The van der Waals surface area contributed by atoms with Crippen molar-refractivity contribution in [2.75, 3.05) is 19.9 Å². The van der Waals surface area contributed by atoms with E-state index in [4.69, 9.17) is 4.74 Å². The van der Waals surface area contributed by atoms with Crippen LogP contribution in [0.5, 0.6) is 0 Å². The third-order valence-electron chi connectivity index (χ3n) is 5.07. The lowest BCUT2D eigenvalue weighted by Gasteiger charge is -2.39. The molecule has 0 saturated heterocycles. The van der Waals surface area contributed by atoms with Crippen molar-refractivity contribution in [1.82, 2.24) is 10.6 Å². The maximum Gasteiger partial charge on any atom is 0.242 e. The van der Waals surface area contributed by atoms with Crippen LogP contribution in [0.4, 0.5) is 0 Å². The number of likely N-dealkylation sites (N-methyl/N-ethyl adjacent to an activating group) is 1. The van der Waals surface area contributed by atoms with Crippen LogP contribution in [0.25, 0.3) is 0 Å². The Bertz CT molecular complexity index is 581. The van der Waals surface area contributed by atoms with Gasteiger partial charge >= 0.3 is 0 Å². The smallest absolute Gasteiger partial charge is 0.242 e. The summed E-state index contributed by atoms with van der Waals surface area (Å²) >= 11 is 4.45. The van der Waals surface area contributed by atoms with Crippen LogP contribution in [0.2, 0.25) is 0 Å². The molecule has 5 nitrogen and oxygen atoms in total. The van der Waals surface area contributed by atoms with Crippen LogP contribution >= 0.6 is 12.6 Å². The highest BCUT2D eigenvalue weighted by atomic mass is 32.1. The molecule has 1 aliphatic rings. The van der Waals surface area contributed by atoms with Crippen LogP contribution in [-0.2, 0) is 20.7 Å². The van der Waals surface area contributed by atoms with Crippen molar-refractivity contribution < 1.29 is 14.3 Å². The van der Waals surface area contributed by atoms with Gasteiger partial charge in [-0.25, -0.2) is 0 Å². The predicted molar refractivity (Wildman–Crippen MR) is 102 cm³/mol. The second kappa shape index (κ2) is 9.25. The first-order chi connectivity index (χ1) is 12.0. The second-order valence-corrected chi connectivity index (χ2v) is 7.04. The van der Waals surface area contributed by atoms with Crippen molar-refractivity contribution in [3.63, 3.8) is 0 Å². The number of rotatable bonds is 7. The fraction of sp³-hybridized carbons (Fsp3) is 0.579. The van der Waals surface area contributed by atoms with Crippen molar-refractivity contribution in [1.29, 1.82) is 0 Å². The molecule has 0 spiro atoms.